The number of hydrogen-bond acceptors (Lipinski definition) is 6. The fourth-order valence-electron chi connectivity index (χ4n) is 2.88. The number of carbonyl (C=O) groups excluding carboxylic acids is 4. The lowest BCUT2D eigenvalue weighted by atomic mass is 10.1. The second-order valence-corrected chi connectivity index (χ2v) is 7.05. The fraction of sp³-hybridized carbons (Fsp3) is 0.238. The highest BCUT2D eigenvalue weighted by atomic mass is 35.5. The zero-order valence-corrected chi connectivity index (χ0v) is 16.8. The number of esters is 1. The smallest absolute Gasteiger partial charge is 0.311 e. The summed E-state index contributed by atoms with van der Waals surface area (Å²) >= 11 is 5.79. The Labute approximate surface area is 177 Å². The number of Topliss-reactive ketones (excluding diaryl/α,β-unsaturated/α-hetero) is 1. The molecule has 1 N–H and O–H groups in total. The van der Waals surface area contributed by atoms with Gasteiger partial charge in [-0.15, -0.1) is 0 Å². The average Bonchev–Trinajstić information content (AvgIpc) is 3.12. The monoisotopic (exact) mass is 430 g/mol. The lowest BCUT2D eigenvalue weighted by molar-refractivity contribution is -0.147. The van der Waals surface area contributed by atoms with E-state index in [2.05, 4.69) is 5.43 Å². The molecular weight excluding hydrogens is 412 g/mol. The number of methoxy groups -OCH3 is 1. The molecule has 1 saturated heterocycles. The van der Waals surface area contributed by atoms with Crippen LogP contribution in [0.2, 0.25) is 5.02 Å². The van der Waals surface area contributed by atoms with Gasteiger partial charge in [-0.2, -0.15) is 0 Å². The second kappa shape index (κ2) is 9.41. The first-order chi connectivity index (χ1) is 14.4. The van der Waals surface area contributed by atoms with Crippen LogP contribution in [0.3, 0.4) is 0 Å². The van der Waals surface area contributed by atoms with Crippen LogP contribution in [-0.2, 0) is 14.3 Å². The molecule has 2 aromatic carbocycles. The molecular formula is C21H19ClN2O6. The minimum absolute atomic E-state index is 0.0340. The molecule has 0 radical (unpaired) electrons. The van der Waals surface area contributed by atoms with E-state index < -0.39 is 30.3 Å². The molecule has 1 aliphatic heterocycles. The van der Waals surface area contributed by atoms with E-state index in [1.165, 1.54) is 19.2 Å². The fourth-order valence-corrected chi connectivity index (χ4v) is 3.00. The molecule has 0 saturated carbocycles. The number of amides is 2. The molecule has 2 amide bonds. The lowest BCUT2D eigenvalue weighted by Gasteiger charge is -2.17. The molecule has 1 heterocycles. The summed E-state index contributed by atoms with van der Waals surface area (Å²) in [5.41, 5.74) is 3.17. The maximum Gasteiger partial charge on any atom is 0.311 e. The minimum Gasteiger partial charge on any atom is -0.497 e. The van der Waals surface area contributed by atoms with Gasteiger partial charge in [0.25, 0.3) is 5.91 Å². The van der Waals surface area contributed by atoms with Gasteiger partial charge in [-0.05, 0) is 48.5 Å². The molecule has 3 rings (SSSR count). The van der Waals surface area contributed by atoms with Gasteiger partial charge in [0.05, 0.1) is 19.6 Å². The summed E-state index contributed by atoms with van der Waals surface area (Å²) in [6.45, 7) is -0.472. The predicted octanol–water partition coefficient (Wildman–Crippen LogP) is 2.27. The van der Waals surface area contributed by atoms with E-state index in [1.54, 1.807) is 36.4 Å². The van der Waals surface area contributed by atoms with E-state index >= 15 is 0 Å². The van der Waals surface area contributed by atoms with Crippen molar-refractivity contribution in [2.75, 3.05) is 20.3 Å². The van der Waals surface area contributed by atoms with Gasteiger partial charge in [0.2, 0.25) is 5.91 Å². The van der Waals surface area contributed by atoms with Crippen molar-refractivity contribution in [3.05, 3.63) is 64.7 Å². The van der Waals surface area contributed by atoms with Crippen LogP contribution >= 0.6 is 11.6 Å². The maximum absolute atomic E-state index is 12.3. The van der Waals surface area contributed by atoms with Crippen molar-refractivity contribution in [1.82, 2.24) is 10.4 Å². The molecule has 1 aliphatic rings. The summed E-state index contributed by atoms with van der Waals surface area (Å²) in [7, 11) is 1.52. The van der Waals surface area contributed by atoms with Gasteiger partial charge in [-0.1, -0.05) is 11.6 Å². The lowest BCUT2D eigenvalue weighted by Crippen LogP contribution is -2.43. The molecule has 1 atom stereocenters. The second-order valence-electron chi connectivity index (χ2n) is 6.61. The van der Waals surface area contributed by atoms with Gasteiger partial charge < -0.3 is 9.47 Å². The Morgan fingerprint density at radius 3 is 2.33 bits per heavy atom. The van der Waals surface area contributed by atoms with Gasteiger partial charge in [0.15, 0.2) is 12.4 Å². The summed E-state index contributed by atoms with van der Waals surface area (Å²) < 4.78 is 10.1. The third-order valence-corrected chi connectivity index (χ3v) is 4.81. The summed E-state index contributed by atoms with van der Waals surface area (Å²) in [6.07, 6.45) is -0.115. The number of nitrogens with one attached hydrogen (secondary N) is 1. The van der Waals surface area contributed by atoms with E-state index in [4.69, 9.17) is 21.1 Å². The number of rotatable bonds is 7. The van der Waals surface area contributed by atoms with E-state index in [0.717, 1.165) is 5.01 Å². The third-order valence-electron chi connectivity index (χ3n) is 4.56. The third kappa shape index (κ3) is 5.15. The Balaban J connectivity index is 1.51. The first-order valence-electron chi connectivity index (χ1n) is 9.08. The zero-order chi connectivity index (χ0) is 21.7. The summed E-state index contributed by atoms with van der Waals surface area (Å²) in [5.74, 6) is -2.12. The Bertz CT molecular complexity index is 958. The number of carbonyl (C=O) groups is 4. The highest BCUT2D eigenvalue weighted by Gasteiger charge is 2.36. The largest absolute Gasteiger partial charge is 0.497 e. The van der Waals surface area contributed by atoms with Crippen molar-refractivity contribution in [3.8, 4) is 5.75 Å². The average molecular weight is 431 g/mol. The Hall–Kier alpha value is -3.39. The van der Waals surface area contributed by atoms with Gasteiger partial charge in [0.1, 0.15) is 5.75 Å². The standard InChI is InChI=1S/C21H19ClN2O6/c1-29-17-8-4-13(5-9-17)18(25)12-30-21(28)15-10-19(26)24(11-15)23-20(27)14-2-6-16(22)7-3-14/h2-9,15H,10-12H2,1H3,(H,23,27)/t15-/m1/s1. The highest BCUT2D eigenvalue weighted by molar-refractivity contribution is 6.30. The molecule has 0 unspecified atom stereocenters. The van der Waals surface area contributed by atoms with Crippen LogP contribution in [0.1, 0.15) is 27.1 Å². The molecule has 9 heteroatoms. The Kier molecular flexibility index (Phi) is 6.68. The molecule has 0 spiro atoms. The number of halogens is 1. The number of benzene rings is 2. The molecule has 1 fully saturated rings. The molecule has 30 heavy (non-hydrogen) atoms. The van der Waals surface area contributed by atoms with Crippen molar-refractivity contribution >= 4 is 35.2 Å². The van der Waals surface area contributed by atoms with Crippen LogP contribution < -0.4 is 10.2 Å². The number of ether oxygens (including phenoxy) is 2. The van der Waals surface area contributed by atoms with Crippen molar-refractivity contribution in [1.29, 1.82) is 0 Å². The molecule has 0 bridgehead atoms. The number of hydrogen-bond donors (Lipinski definition) is 1. The summed E-state index contributed by atoms with van der Waals surface area (Å²) in [5, 5.41) is 1.56. The first kappa shape index (κ1) is 21.3. The van der Waals surface area contributed by atoms with Gasteiger partial charge in [0, 0.05) is 22.6 Å². The van der Waals surface area contributed by atoms with Crippen LogP contribution in [0.25, 0.3) is 0 Å². The van der Waals surface area contributed by atoms with Crippen LogP contribution in [-0.4, -0.2) is 48.8 Å². The van der Waals surface area contributed by atoms with Crippen molar-refractivity contribution in [2.24, 2.45) is 5.92 Å². The Morgan fingerprint density at radius 1 is 1.07 bits per heavy atom. The Morgan fingerprint density at radius 2 is 1.70 bits per heavy atom. The minimum atomic E-state index is -0.772. The van der Waals surface area contributed by atoms with E-state index in [9.17, 15) is 19.2 Å². The van der Waals surface area contributed by atoms with Crippen LogP contribution in [0.5, 0.6) is 5.75 Å². The maximum atomic E-state index is 12.3. The molecule has 8 nitrogen and oxygen atoms in total. The normalized spacial score (nSPS) is 15.6. The van der Waals surface area contributed by atoms with Crippen LogP contribution in [0, 0.1) is 5.92 Å². The van der Waals surface area contributed by atoms with Crippen molar-refractivity contribution < 1.29 is 28.7 Å². The summed E-state index contributed by atoms with van der Waals surface area (Å²) in [4.78, 5) is 48.8. The highest BCUT2D eigenvalue weighted by Crippen LogP contribution is 2.19. The molecule has 2 aromatic rings. The van der Waals surface area contributed by atoms with Crippen LogP contribution in [0.4, 0.5) is 0 Å². The molecule has 0 aromatic heterocycles. The van der Waals surface area contributed by atoms with E-state index in [0.29, 0.717) is 21.9 Å². The number of hydrazine groups is 1. The number of nitrogens with zero attached hydrogens (tertiary/aromatic N) is 1. The summed E-state index contributed by atoms with van der Waals surface area (Å²) in [6, 6.07) is 12.6. The van der Waals surface area contributed by atoms with Crippen molar-refractivity contribution in [2.45, 2.75) is 6.42 Å². The van der Waals surface area contributed by atoms with E-state index in [-0.39, 0.29) is 18.7 Å². The number of ketones is 1. The van der Waals surface area contributed by atoms with Gasteiger partial charge in [-0.3, -0.25) is 29.6 Å². The topological polar surface area (TPSA) is 102 Å². The van der Waals surface area contributed by atoms with Gasteiger partial charge >= 0.3 is 5.97 Å². The van der Waals surface area contributed by atoms with Crippen molar-refractivity contribution in [3.63, 3.8) is 0 Å². The quantitative estimate of drug-likeness (QED) is 0.534. The molecule has 156 valence electrons. The SMILES string of the molecule is COc1ccc(C(=O)COC(=O)[C@@H]2CC(=O)N(NC(=O)c3ccc(Cl)cc3)C2)cc1. The molecule has 0 aliphatic carbocycles. The van der Waals surface area contributed by atoms with Gasteiger partial charge in [-0.25, -0.2) is 0 Å². The van der Waals surface area contributed by atoms with E-state index in [1.807, 2.05) is 0 Å². The van der Waals surface area contributed by atoms with Crippen LogP contribution in [0.15, 0.2) is 48.5 Å². The predicted molar refractivity (Wildman–Crippen MR) is 107 cm³/mol. The zero-order valence-electron chi connectivity index (χ0n) is 16.1. The first-order valence-corrected chi connectivity index (χ1v) is 9.46.